The highest BCUT2D eigenvalue weighted by atomic mass is 16.2. The minimum Gasteiger partial charge on any atom is -0.383 e. The van der Waals surface area contributed by atoms with E-state index in [0.717, 1.165) is 31.2 Å². The summed E-state index contributed by atoms with van der Waals surface area (Å²) in [4.78, 5) is 43.1. The lowest BCUT2D eigenvalue weighted by atomic mass is 9.69. The van der Waals surface area contributed by atoms with Gasteiger partial charge < -0.3 is 10.6 Å². The average Bonchev–Trinajstić information content (AvgIpc) is 2.75. The van der Waals surface area contributed by atoms with Gasteiger partial charge in [-0.1, -0.05) is 65.0 Å². The van der Waals surface area contributed by atoms with Crippen molar-refractivity contribution in [2.24, 2.45) is 23.2 Å². The molecule has 0 spiro atoms. The van der Waals surface area contributed by atoms with Crippen LogP contribution in [-0.4, -0.2) is 22.0 Å². The van der Waals surface area contributed by atoms with Crippen LogP contribution in [0.1, 0.15) is 65.9 Å². The first-order valence-electron chi connectivity index (χ1n) is 12.0. The fourth-order valence-electron chi connectivity index (χ4n) is 4.84. The lowest BCUT2D eigenvalue weighted by molar-refractivity contribution is -0.124. The number of anilines is 2. The first-order valence-corrected chi connectivity index (χ1v) is 12.0. The number of benzene rings is 1. The second kappa shape index (κ2) is 9.98. The van der Waals surface area contributed by atoms with Gasteiger partial charge in [-0.3, -0.25) is 19.1 Å². The highest BCUT2D eigenvalue weighted by Crippen LogP contribution is 2.40. The number of hydrogen-bond donors (Lipinski definition) is 2. The van der Waals surface area contributed by atoms with E-state index in [4.69, 9.17) is 5.73 Å². The predicted molar refractivity (Wildman–Crippen MR) is 133 cm³/mol. The second-order valence-electron chi connectivity index (χ2n) is 10.8. The molecular weight excluding hydrogens is 416 g/mol. The number of nitrogen functional groups attached to an aromatic ring is 1. The van der Waals surface area contributed by atoms with Crippen molar-refractivity contribution in [2.75, 3.05) is 17.2 Å². The Balaban J connectivity index is 1.95. The maximum absolute atomic E-state index is 13.7. The number of aromatic amines is 1. The maximum Gasteiger partial charge on any atom is 0.330 e. The van der Waals surface area contributed by atoms with Crippen LogP contribution in [0.15, 0.2) is 39.9 Å². The van der Waals surface area contributed by atoms with Crippen LogP contribution in [-0.2, 0) is 11.3 Å². The van der Waals surface area contributed by atoms with Crippen LogP contribution < -0.4 is 21.9 Å². The third kappa shape index (κ3) is 5.75. The molecule has 1 amide bonds. The number of rotatable bonds is 6. The molecule has 180 valence electrons. The van der Waals surface area contributed by atoms with Gasteiger partial charge in [0.2, 0.25) is 5.91 Å². The number of aromatic nitrogens is 2. The van der Waals surface area contributed by atoms with Crippen molar-refractivity contribution in [3.8, 4) is 0 Å². The van der Waals surface area contributed by atoms with Crippen molar-refractivity contribution in [2.45, 2.75) is 66.8 Å². The van der Waals surface area contributed by atoms with E-state index < -0.39 is 11.2 Å². The highest BCUT2D eigenvalue weighted by Gasteiger charge is 2.36. The lowest BCUT2D eigenvalue weighted by Crippen LogP contribution is -2.46. The highest BCUT2D eigenvalue weighted by molar-refractivity contribution is 5.97. The molecule has 7 nitrogen and oxygen atoms in total. The van der Waals surface area contributed by atoms with Gasteiger partial charge in [-0.25, -0.2) is 4.79 Å². The number of amides is 1. The van der Waals surface area contributed by atoms with Crippen molar-refractivity contribution in [3.05, 3.63) is 56.7 Å². The van der Waals surface area contributed by atoms with Crippen LogP contribution in [0.5, 0.6) is 0 Å². The second-order valence-corrected chi connectivity index (χ2v) is 10.8. The summed E-state index contributed by atoms with van der Waals surface area (Å²) in [7, 11) is 0. The number of carbonyl (C=O) groups is 1. The zero-order chi connectivity index (χ0) is 24.3. The molecule has 0 atom stereocenters. The Bertz CT molecular complexity index is 1070. The SMILES string of the molecule is CC(C)CN(C(=O)C1CCC(C(C)(C)C)CC1)c1c(N)n(Cc2ccccc2)c(=O)[nH]c1=O. The Morgan fingerprint density at radius 3 is 2.27 bits per heavy atom. The molecule has 0 unspecified atom stereocenters. The van der Waals surface area contributed by atoms with Crippen molar-refractivity contribution in [1.29, 1.82) is 0 Å². The Hall–Kier alpha value is -2.83. The molecule has 7 heteroatoms. The molecule has 1 fully saturated rings. The Labute approximate surface area is 196 Å². The zero-order valence-electron chi connectivity index (χ0n) is 20.6. The van der Waals surface area contributed by atoms with Gasteiger partial charge in [0.05, 0.1) is 6.54 Å². The monoisotopic (exact) mass is 454 g/mol. The summed E-state index contributed by atoms with van der Waals surface area (Å²) in [5.74, 6) is 0.535. The van der Waals surface area contributed by atoms with E-state index in [-0.39, 0.29) is 41.2 Å². The van der Waals surface area contributed by atoms with E-state index in [1.165, 1.54) is 9.47 Å². The van der Waals surface area contributed by atoms with Crippen molar-refractivity contribution >= 4 is 17.4 Å². The molecule has 3 N–H and O–H groups in total. The molecule has 1 saturated carbocycles. The summed E-state index contributed by atoms with van der Waals surface area (Å²) in [5, 5.41) is 0. The topological polar surface area (TPSA) is 101 Å². The summed E-state index contributed by atoms with van der Waals surface area (Å²) in [6.07, 6.45) is 3.59. The van der Waals surface area contributed by atoms with Gasteiger partial charge in [-0.15, -0.1) is 0 Å². The fraction of sp³-hybridized carbons (Fsp3) is 0.577. The Morgan fingerprint density at radius 1 is 1.12 bits per heavy atom. The number of carbonyl (C=O) groups excluding carboxylic acids is 1. The predicted octanol–water partition coefficient (Wildman–Crippen LogP) is 4.01. The van der Waals surface area contributed by atoms with E-state index >= 15 is 0 Å². The van der Waals surface area contributed by atoms with E-state index in [9.17, 15) is 14.4 Å². The molecule has 1 aliphatic carbocycles. The van der Waals surface area contributed by atoms with Gasteiger partial charge in [-0.2, -0.15) is 0 Å². The van der Waals surface area contributed by atoms with Gasteiger partial charge in [0.25, 0.3) is 5.56 Å². The normalized spacial score (nSPS) is 19.0. The largest absolute Gasteiger partial charge is 0.383 e. The number of nitrogens with zero attached hydrogens (tertiary/aromatic N) is 2. The van der Waals surface area contributed by atoms with E-state index in [0.29, 0.717) is 12.5 Å². The number of hydrogen-bond acceptors (Lipinski definition) is 4. The first-order chi connectivity index (χ1) is 15.5. The quantitative estimate of drug-likeness (QED) is 0.689. The van der Waals surface area contributed by atoms with Gasteiger partial charge in [0, 0.05) is 12.5 Å². The van der Waals surface area contributed by atoms with Crippen molar-refractivity contribution < 1.29 is 4.79 Å². The van der Waals surface area contributed by atoms with Crippen molar-refractivity contribution in [1.82, 2.24) is 9.55 Å². The summed E-state index contributed by atoms with van der Waals surface area (Å²) in [5.41, 5.74) is 6.41. The molecule has 1 aromatic carbocycles. The van der Waals surface area contributed by atoms with E-state index in [1.807, 2.05) is 44.2 Å². The number of H-pyrrole nitrogens is 1. The summed E-state index contributed by atoms with van der Waals surface area (Å²) < 4.78 is 1.34. The summed E-state index contributed by atoms with van der Waals surface area (Å²) >= 11 is 0. The van der Waals surface area contributed by atoms with Gasteiger partial charge >= 0.3 is 5.69 Å². The third-order valence-electron chi connectivity index (χ3n) is 6.78. The molecule has 1 heterocycles. The molecule has 33 heavy (non-hydrogen) atoms. The van der Waals surface area contributed by atoms with Gasteiger partial charge in [0.15, 0.2) is 5.69 Å². The first kappa shape index (κ1) is 24.8. The van der Waals surface area contributed by atoms with Crippen LogP contribution in [0.4, 0.5) is 11.5 Å². The maximum atomic E-state index is 13.7. The molecule has 1 aromatic heterocycles. The summed E-state index contributed by atoms with van der Waals surface area (Å²) in [6.45, 7) is 11.3. The van der Waals surface area contributed by atoms with Crippen LogP contribution in [0.25, 0.3) is 0 Å². The molecule has 1 aliphatic rings. The number of nitrogens with one attached hydrogen (secondary N) is 1. The zero-order valence-corrected chi connectivity index (χ0v) is 20.6. The average molecular weight is 455 g/mol. The minimum atomic E-state index is -0.612. The fourth-order valence-corrected chi connectivity index (χ4v) is 4.84. The molecule has 0 bridgehead atoms. The Morgan fingerprint density at radius 2 is 1.73 bits per heavy atom. The van der Waals surface area contributed by atoms with Crippen LogP contribution in [0.2, 0.25) is 0 Å². The van der Waals surface area contributed by atoms with Gasteiger partial charge in [0.1, 0.15) is 5.82 Å². The molecule has 0 radical (unpaired) electrons. The van der Waals surface area contributed by atoms with Crippen LogP contribution in [0, 0.1) is 23.2 Å². The van der Waals surface area contributed by atoms with Gasteiger partial charge in [-0.05, 0) is 48.5 Å². The third-order valence-corrected chi connectivity index (χ3v) is 6.78. The smallest absolute Gasteiger partial charge is 0.330 e. The van der Waals surface area contributed by atoms with Crippen LogP contribution >= 0.6 is 0 Å². The lowest BCUT2D eigenvalue weighted by Gasteiger charge is -2.38. The number of nitrogens with two attached hydrogens (primary N) is 1. The van der Waals surface area contributed by atoms with E-state index in [2.05, 4.69) is 25.8 Å². The molecule has 0 saturated heterocycles. The molecular formula is C26H38N4O3. The standard InChI is InChI=1S/C26H38N4O3/c1-17(2)15-29(24(32)19-11-13-20(14-12-19)26(3,4)5)21-22(27)30(25(33)28-23(21)31)16-18-9-7-6-8-10-18/h6-10,17,19-20H,11-16,27H2,1-5H3,(H,28,31,33). The van der Waals surface area contributed by atoms with E-state index in [1.54, 1.807) is 0 Å². The minimum absolute atomic E-state index is 0.0324. The Kier molecular flexibility index (Phi) is 7.50. The van der Waals surface area contributed by atoms with Crippen LogP contribution in [0.3, 0.4) is 0 Å². The molecule has 3 rings (SSSR count). The van der Waals surface area contributed by atoms with Crippen molar-refractivity contribution in [3.63, 3.8) is 0 Å². The molecule has 0 aliphatic heterocycles. The molecule has 2 aromatic rings. The summed E-state index contributed by atoms with van der Waals surface area (Å²) in [6, 6.07) is 9.44.